The van der Waals surface area contributed by atoms with Crippen LogP contribution in [0.5, 0.6) is 5.75 Å². The molecular formula is C14H6Cl2O2S. The number of carbonyl (C=O) groups excluding carboxylic acids is 1. The summed E-state index contributed by atoms with van der Waals surface area (Å²) in [6.45, 7) is 0. The summed E-state index contributed by atoms with van der Waals surface area (Å²) in [5.41, 5.74) is 1.57. The maximum atomic E-state index is 12.4. The van der Waals surface area contributed by atoms with Crippen molar-refractivity contribution in [1.29, 1.82) is 0 Å². The van der Waals surface area contributed by atoms with E-state index in [1.54, 1.807) is 24.3 Å². The molecule has 0 saturated heterocycles. The largest absolute Gasteiger partial charge is 0.506 e. The fourth-order valence-electron chi connectivity index (χ4n) is 2.20. The molecule has 0 aromatic heterocycles. The quantitative estimate of drug-likeness (QED) is 0.638. The van der Waals surface area contributed by atoms with Crippen molar-refractivity contribution >= 4 is 46.1 Å². The number of hydrogen-bond acceptors (Lipinski definition) is 3. The van der Waals surface area contributed by atoms with Crippen molar-refractivity contribution in [2.24, 2.45) is 0 Å². The summed E-state index contributed by atoms with van der Waals surface area (Å²) in [4.78, 5) is 12.8. The third-order valence-corrected chi connectivity index (χ3v) is 4.09. The van der Waals surface area contributed by atoms with Crippen LogP contribution in [0.1, 0.15) is 27.0 Å². The van der Waals surface area contributed by atoms with Gasteiger partial charge in [0.2, 0.25) is 0 Å². The van der Waals surface area contributed by atoms with Gasteiger partial charge in [-0.3, -0.25) is 4.79 Å². The third-order valence-electron chi connectivity index (χ3n) is 3.08. The molecule has 5 heteroatoms. The summed E-state index contributed by atoms with van der Waals surface area (Å²) in [5, 5.41) is 10.3. The molecule has 0 atom stereocenters. The van der Waals surface area contributed by atoms with E-state index in [0.29, 0.717) is 16.0 Å². The number of phenols is 1. The van der Waals surface area contributed by atoms with Crippen LogP contribution in [0.25, 0.3) is 0 Å². The maximum absolute atomic E-state index is 12.4. The Labute approximate surface area is 124 Å². The van der Waals surface area contributed by atoms with E-state index in [1.807, 2.05) is 0 Å². The van der Waals surface area contributed by atoms with E-state index in [0.717, 1.165) is 0 Å². The van der Waals surface area contributed by atoms with Crippen molar-refractivity contribution in [3.05, 3.63) is 62.6 Å². The smallest absolute Gasteiger partial charge is 0.195 e. The van der Waals surface area contributed by atoms with Gasteiger partial charge in [0.25, 0.3) is 0 Å². The number of fused-ring (bicyclic) bond motifs is 2. The van der Waals surface area contributed by atoms with E-state index in [-0.39, 0.29) is 32.7 Å². The molecule has 0 bridgehead atoms. The first-order chi connectivity index (χ1) is 9.02. The van der Waals surface area contributed by atoms with Gasteiger partial charge in [-0.05, 0) is 6.07 Å². The zero-order chi connectivity index (χ0) is 13.7. The molecule has 2 nitrogen and oxygen atoms in total. The lowest BCUT2D eigenvalue weighted by Gasteiger charge is -2.21. The zero-order valence-corrected chi connectivity index (χ0v) is 11.7. The van der Waals surface area contributed by atoms with Crippen molar-refractivity contribution in [2.45, 2.75) is 0 Å². The Morgan fingerprint density at radius 3 is 2.32 bits per heavy atom. The minimum Gasteiger partial charge on any atom is -0.506 e. The van der Waals surface area contributed by atoms with Gasteiger partial charge in [-0.2, -0.15) is 0 Å². The number of ketones is 1. The molecule has 2 aromatic rings. The van der Waals surface area contributed by atoms with Crippen LogP contribution in [0.2, 0.25) is 10.0 Å². The number of aromatic hydroxyl groups is 1. The number of rotatable bonds is 0. The van der Waals surface area contributed by atoms with Crippen LogP contribution in [0.15, 0.2) is 30.3 Å². The second kappa shape index (κ2) is 4.30. The molecule has 0 radical (unpaired) electrons. The van der Waals surface area contributed by atoms with Gasteiger partial charge < -0.3 is 5.11 Å². The average molecular weight is 309 g/mol. The van der Waals surface area contributed by atoms with E-state index in [1.165, 1.54) is 6.07 Å². The fourth-order valence-corrected chi connectivity index (χ4v) is 3.13. The molecule has 0 unspecified atom stereocenters. The molecular weight excluding hydrogens is 303 g/mol. The molecule has 0 spiro atoms. The van der Waals surface area contributed by atoms with Crippen molar-refractivity contribution in [3.63, 3.8) is 0 Å². The minimum atomic E-state index is -0.254. The van der Waals surface area contributed by atoms with E-state index in [2.05, 4.69) is 0 Å². The molecule has 94 valence electrons. The molecule has 1 aliphatic carbocycles. The van der Waals surface area contributed by atoms with Crippen molar-refractivity contribution < 1.29 is 9.90 Å². The van der Waals surface area contributed by atoms with Crippen LogP contribution >= 0.6 is 35.4 Å². The molecule has 0 heterocycles. The van der Waals surface area contributed by atoms with E-state index >= 15 is 0 Å². The highest BCUT2D eigenvalue weighted by atomic mass is 35.5. The summed E-state index contributed by atoms with van der Waals surface area (Å²) in [7, 11) is 0. The van der Waals surface area contributed by atoms with Crippen LogP contribution < -0.4 is 0 Å². The lowest BCUT2D eigenvalue weighted by molar-refractivity contribution is 0.103. The second-order valence-electron chi connectivity index (χ2n) is 4.14. The van der Waals surface area contributed by atoms with Crippen LogP contribution in [0, 0.1) is 0 Å². The topological polar surface area (TPSA) is 37.3 Å². The standard InChI is InChI=1S/C14H6Cl2O2S/c15-8-5-9(16)13(18)11-10(8)12(17)6-3-1-2-4-7(6)14(11)19/h1-5,18H. The number of hydrogen-bond donors (Lipinski definition) is 1. The average Bonchev–Trinajstić information content (AvgIpc) is 2.40. The van der Waals surface area contributed by atoms with Gasteiger partial charge in [-0.25, -0.2) is 0 Å². The van der Waals surface area contributed by atoms with Crippen LogP contribution in [0.3, 0.4) is 0 Å². The molecule has 1 aliphatic rings. The number of halogens is 2. The zero-order valence-electron chi connectivity index (χ0n) is 9.41. The van der Waals surface area contributed by atoms with Crippen molar-refractivity contribution in [2.75, 3.05) is 0 Å². The van der Waals surface area contributed by atoms with Crippen LogP contribution in [-0.4, -0.2) is 15.8 Å². The maximum Gasteiger partial charge on any atom is 0.195 e. The summed E-state index contributed by atoms with van der Waals surface area (Å²) in [6.07, 6.45) is 0. The van der Waals surface area contributed by atoms with Gasteiger partial charge in [-0.1, -0.05) is 59.7 Å². The Morgan fingerprint density at radius 1 is 1.00 bits per heavy atom. The first-order valence-corrected chi connectivity index (χ1v) is 6.58. The predicted octanol–water partition coefficient (Wildman–Crippen LogP) is 4.01. The summed E-state index contributed by atoms with van der Waals surface area (Å²) in [5.74, 6) is -0.454. The Kier molecular flexibility index (Phi) is 2.86. The molecule has 0 saturated carbocycles. The van der Waals surface area contributed by atoms with Gasteiger partial charge in [0.05, 0.1) is 20.5 Å². The van der Waals surface area contributed by atoms with Gasteiger partial charge in [0.1, 0.15) is 5.75 Å². The predicted molar refractivity (Wildman–Crippen MR) is 78.8 cm³/mol. The van der Waals surface area contributed by atoms with Crippen molar-refractivity contribution in [3.8, 4) is 5.75 Å². The lowest BCUT2D eigenvalue weighted by Crippen LogP contribution is -2.20. The number of thiocarbonyl (C=S) groups is 1. The van der Waals surface area contributed by atoms with Gasteiger partial charge in [0.15, 0.2) is 5.78 Å². The van der Waals surface area contributed by atoms with Crippen molar-refractivity contribution in [1.82, 2.24) is 0 Å². The Balaban J connectivity index is 2.43. The van der Waals surface area contributed by atoms with E-state index in [9.17, 15) is 9.90 Å². The molecule has 0 amide bonds. The first-order valence-electron chi connectivity index (χ1n) is 5.41. The number of benzene rings is 2. The van der Waals surface area contributed by atoms with Gasteiger partial charge >= 0.3 is 0 Å². The molecule has 0 fully saturated rings. The molecule has 0 aliphatic heterocycles. The summed E-state index contributed by atoms with van der Waals surface area (Å²) >= 11 is 17.3. The van der Waals surface area contributed by atoms with E-state index in [4.69, 9.17) is 35.4 Å². The monoisotopic (exact) mass is 308 g/mol. The van der Waals surface area contributed by atoms with Crippen LogP contribution in [0.4, 0.5) is 0 Å². The van der Waals surface area contributed by atoms with Gasteiger partial charge in [0, 0.05) is 16.7 Å². The minimum absolute atomic E-state index is 0.0817. The highest BCUT2D eigenvalue weighted by Crippen LogP contribution is 2.41. The second-order valence-corrected chi connectivity index (χ2v) is 5.37. The Morgan fingerprint density at radius 2 is 1.63 bits per heavy atom. The lowest BCUT2D eigenvalue weighted by atomic mass is 9.84. The van der Waals surface area contributed by atoms with E-state index < -0.39 is 0 Å². The fraction of sp³-hybridized carbons (Fsp3) is 0. The molecule has 1 N–H and O–H groups in total. The first kappa shape index (κ1) is 12.6. The highest BCUT2D eigenvalue weighted by molar-refractivity contribution is 7.81. The number of carbonyl (C=O) groups is 1. The molecule has 3 rings (SSSR count). The summed E-state index contributed by atoms with van der Waals surface area (Å²) < 4.78 is 0. The SMILES string of the molecule is O=C1c2ccccc2C(=S)c2c(O)c(Cl)cc(Cl)c21. The Hall–Kier alpha value is -1.42. The normalized spacial score (nSPS) is 13.2. The molecule has 19 heavy (non-hydrogen) atoms. The summed E-state index contributed by atoms with van der Waals surface area (Å²) in [6, 6.07) is 8.33. The number of phenolic OH excluding ortho intramolecular Hbond substituents is 1. The van der Waals surface area contributed by atoms with Crippen LogP contribution in [-0.2, 0) is 0 Å². The Bertz CT molecular complexity index is 753. The highest BCUT2D eigenvalue weighted by Gasteiger charge is 2.32. The van der Waals surface area contributed by atoms with Gasteiger partial charge in [-0.15, -0.1) is 0 Å². The third kappa shape index (κ3) is 1.70. The molecule has 2 aromatic carbocycles.